The highest BCUT2D eigenvalue weighted by Crippen LogP contribution is 2.14. The fourth-order valence-corrected chi connectivity index (χ4v) is 1.81. The Morgan fingerprint density at radius 1 is 1.50 bits per heavy atom. The van der Waals surface area contributed by atoms with Crippen molar-refractivity contribution in [3.63, 3.8) is 0 Å². The van der Waals surface area contributed by atoms with Crippen LogP contribution in [-0.4, -0.2) is 28.7 Å². The second kappa shape index (κ2) is 6.78. The fraction of sp³-hybridized carbons (Fsp3) is 0.583. The summed E-state index contributed by atoms with van der Waals surface area (Å²) in [4.78, 5) is 22.3. The predicted molar refractivity (Wildman–Crippen MR) is 64.0 cm³/mol. The Morgan fingerprint density at radius 3 is 2.72 bits per heavy atom. The lowest BCUT2D eigenvalue weighted by atomic mass is 9.94. The number of nitrogens with zero attached hydrogens (tertiary/aromatic N) is 1. The second-order valence-electron chi connectivity index (χ2n) is 4.69. The van der Waals surface area contributed by atoms with E-state index in [0.29, 0.717) is 12.5 Å². The number of carbonyl (C=O) groups excluding carboxylic acids is 1. The van der Waals surface area contributed by atoms with Crippen molar-refractivity contribution in [2.75, 3.05) is 6.54 Å². The summed E-state index contributed by atoms with van der Waals surface area (Å²) in [7, 11) is 0. The van der Waals surface area contributed by atoms with Gasteiger partial charge in [-0.25, -0.2) is 0 Å². The summed E-state index contributed by atoms with van der Waals surface area (Å²) in [6.07, 6.45) is 2.13. The van der Waals surface area contributed by atoms with E-state index in [1.807, 2.05) is 13.8 Å². The fourth-order valence-electron chi connectivity index (χ4n) is 1.81. The molecule has 2 N–H and O–H groups in total. The molecule has 0 aliphatic heterocycles. The van der Waals surface area contributed by atoms with Gasteiger partial charge < -0.3 is 14.9 Å². The van der Waals surface area contributed by atoms with E-state index in [9.17, 15) is 9.59 Å². The molecule has 0 saturated heterocycles. The number of hydrogen-bond donors (Lipinski definition) is 2. The van der Waals surface area contributed by atoms with Crippen LogP contribution >= 0.6 is 0 Å². The molecule has 0 radical (unpaired) electrons. The zero-order chi connectivity index (χ0) is 13.5. The third kappa shape index (κ3) is 4.99. The van der Waals surface area contributed by atoms with Crippen molar-refractivity contribution in [3.05, 3.63) is 18.0 Å². The molecule has 6 heteroatoms. The maximum absolute atomic E-state index is 11.6. The van der Waals surface area contributed by atoms with Crippen LogP contribution < -0.4 is 5.32 Å². The quantitative estimate of drug-likeness (QED) is 0.770. The van der Waals surface area contributed by atoms with Crippen molar-refractivity contribution >= 4 is 11.9 Å². The van der Waals surface area contributed by atoms with Gasteiger partial charge in [0.15, 0.2) is 5.69 Å². The third-order valence-electron chi connectivity index (χ3n) is 2.49. The van der Waals surface area contributed by atoms with Crippen molar-refractivity contribution in [2.24, 2.45) is 11.8 Å². The topological polar surface area (TPSA) is 92.4 Å². The maximum atomic E-state index is 11.6. The molecule has 0 aliphatic rings. The minimum Gasteiger partial charge on any atom is -0.481 e. The molecular formula is C12H18N2O4. The van der Waals surface area contributed by atoms with Gasteiger partial charge in [-0.05, 0) is 18.3 Å². The Bertz CT molecular complexity index is 387. The first-order valence-corrected chi connectivity index (χ1v) is 5.89. The lowest BCUT2D eigenvalue weighted by Crippen LogP contribution is -2.31. The standard InChI is InChI=1S/C12H18N2O4/c1-8(2)5-9(6-11(15)16)7-13-12(17)10-3-4-18-14-10/h3-4,8-9H,5-7H2,1-2H3,(H,13,17)(H,15,16)/t9-/m0/s1. The van der Waals surface area contributed by atoms with Gasteiger partial charge in [0.05, 0.1) is 0 Å². The molecule has 1 amide bonds. The molecule has 6 nitrogen and oxygen atoms in total. The summed E-state index contributed by atoms with van der Waals surface area (Å²) in [5, 5.41) is 15.0. The van der Waals surface area contributed by atoms with Crippen LogP contribution in [0.4, 0.5) is 0 Å². The van der Waals surface area contributed by atoms with Gasteiger partial charge >= 0.3 is 5.97 Å². The number of rotatable bonds is 7. The van der Waals surface area contributed by atoms with Gasteiger partial charge in [0.1, 0.15) is 6.26 Å². The van der Waals surface area contributed by atoms with Crippen LogP contribution in [0.2, 0.25) is 0 Å². The summed E-state index contributed by atoms with van der Waals surface area (Å²) in [5.74, 6) is -0.879. The van der Waals surface area contributed by atoms with E-state index in [-0.39, 0.29) is 23.9 Å². The molecule has 0 saturated carbocycles. The zero-order valence-electron chi connectivity index (χ0n) is 10.5. The van der Waals surface area contributed by atoms with Gasteiger partial charge in [-0.15, -0.1) is 0 Å². The van der Waals surface area contributed by atoms with Crippen molar-refractivity contribution < 1.29 is 19.2 Å². The number of hydrogen-bond acceptors (Lipinski definition) is 4. The van der Waals surface area contributed by atoms with Crippen molar-refractivity contribution in [2.45, 2.75) is 26.7 Å². The molecule has 0 spiro atoms. The summed E-state index contributed by atoms with van der Waals surface area (Å²) >= 11 is 0. The van der Waals surface area contributed by atoms with Crippen molar-refractivity contribution in [1.29, 1.82) is 0 Å². The molecule has 100 valence electrons. The van der Waals surface area contributed by atoms with Gasteiger partial charge in [-0.1, -0.05) is 19.0 Å². The van der Waals surface area contributed by atoms with E-state index in [0.717, 1.165) is 6.42 Å². The first-order valence-electron chi connectivity index (χ1n) is 5.89. The molecule has 1 heterocycles. The van der Waals surface area contributed by atoms with E-state index in [2.05, 4.69) is 15.0 Å². The Kier molecular flexibility index (Phi) is 5.35. The van der Waals surface area contributed by atoms with E-state index >= 15 is 0 Å². The number of aliphatic carboxylic acids is 1. The summed E-state index contributed by atoms with van der Waals surface area (Å²) in [6, 6.07) is 1.46. The van der Waals surface area contributed by atoms with Crippen LogP contribution in [-0.2, 0) is 4.79 Å². The lowest BCUT2D eigenvalue weighted by molar-refractivity contribution is -0.138. The highest BCUT2D eigenvalue weighted by molar-refractivity contribution is 5.91. The molecule has 1 rings (SSSR count). The van der Waals surface area contributed by atoms with E-state index < -0.39 is 5.97 Å². The van der Waals surface area contributed by atoms with Crippen LogP contribution in [0, 0.1) is 11.8 Å². The Labute approximate surface area is 105 Å². The predicted octanol–water partition coefficient (Wildman–Crippen LogP) is 1.54. The largest absolute Gasteiger partial charge is 0.481 e. The van der Waals surface area contributed by atoms with Crippen molar-refractivity contribution in [1.82, 2.24) is 10.5 Å². The molecule has 0 aromatic carbocycles. The minimum absolute atomic E-state index is 0.0529. The Hall–Kier alpha value is -1.85. The van der Waals surface area contributed by atoms with Crippen LogP contribution in [0.25, 0.3) is 0 Å². The van der Waals surface area contributed by atoms with Gasteiger partial charge in [-0.2, -0.15) is 0 Å². The molecule has 0 bridgehead atoms. The third-order valence-corrected chi connectivity index (χ3v) is 2.49. The first-order chi connectivity index (χ1) is 8.49. The smallest absolute Gasteiger partial charge is 0.303 e. The summed E-state index contributed by atoms with van der Waals surface area (Å²) < 4.78 is 4.57. The molecule has 1 aromatic heterocycles. The van der Waals surface area contributed by atoms with E-state index in [1.165, 1.54) is 12.3 Å². The Morgan fingerprint density at radius 2 is 2.22 bits per heavy atom. The monoisotopic (exact) mass is 254 g/mol. The SMILES string of the molecule is CC(C)C[C@H](CNC(=O)c1ccon1)CC(=O)O. The number of amides is 1. The highest BCUT2D eigenvalue weighted by atomic mass is 16.5. The first kappa shape index (κ1) is 14.2. The molecule has 1 aromatic rings. The average Bonchev–Trinajstić information content (AvgIpc) is 2.77. The van der Waals surface area contributed by atoms with Crippen molar-refractivity contribution in [3.8, 4) is 0 Å². The van der Waals surface area contributed by atoms with Gasteiger partial charge in [-0.3, -0.25) is 9.59 Å². The summed E-state index contributed by atoms with van der Waals surface area (Å²) in [5.41, 5.74) is 0.202. The Balaban J connectivity index is 2.45. The van der Waals surface area contributed by atoms with Crippen LogP contribution in [0.1, 0.15) is 37.2 Å². The molecule has 0 fully saturated rings. The number of carboxylic acid groups (broad SMARTS) is 1. The molecule has 1 atom stereocenters. The van der Waals surface area contributed by atoms with Gasteiger partial charge in [0.2, 0.25) is 0 Å². The molecular weight excluding hydrogens is 236 g/mol. The van der Waals surface area contributed by atoms with E-state index in [1.54, 1.807) is 0 Å². The summed E-state index contributed by atoms with van der Waals surface area (Å²) in [6.45, 7) is 4.37. The number of nitrogens with one attached hydrogen (secondary N) is 1. The minimum atomic E-state index is -0.851. The molecule has 18 heavy (non-hydrogen) atoms. The highest BCUT2D eigenvalue weighted by Gasteiger charge is 2.17. The van der Waals surface area contributed by atoms with Gasteiger partial charge in [0.25, 0.3) is 5.91 Å². The van der Waals surface area contributed by atoms with Crippen LogP contribution in [0.5, 0.6) is 0 Å². The number of carboxylic acids is 1. The zero-order valence-corrected chi connectivity index (χ0v) is 10.5. The maximum Gasteiger partial charge on any atom is 0.303 e. The normalized spacial score (nSPS) is 12.4. The van der Waals surface area contributed by atoms with Crippen LogP contribution in [0.3, 0.4) is 0 Å². The second-order valence-corrected chi connectivity index (χ2v) is 4.69. The number of aromatic nitrogens is 1. The number of carbonyl (C=O) groups is 2. The average molecular weight is 254 g/mol. The van der Waals surface area contributed by atoms with E-state index in [4.69, 9.17) is 5.11 Å². The lowest BCUT2D eigenvalue weighted by Gasteiger charge is -2.17. The van der Waals surface area contributed by atoms with Gasteiger partial charge in [0, 0.05) is 19.0 Å². The molecule has 0 unspecified atom stereocenters. The van der Waals surface area contributed by atoms with Crippen LogP contribution in [0.15, 0.2) is 16.9 Å². The molecule has 0 aliphatic carbocycles.